The van der Waals surface area contributed by atoms with Crippen LogP contribution in [-0.4, -0.2) is 34.7 Å². The van der Waals surface area contributed by atoms with Crippen molar-refractivity contribution < 1.29 is 14.3 Å². The lowest BCUT2D eigenvalue weighted by atomic mass is 10.2. The van der Waals surface area contributed by atoms with E-state index < -0.39 is 0 Å². The maximum atomic E-state index is 12.1. The van der Waals surface area contributed by atoms with E-state index in [2.05, 4.69) is 4.98 Å². The normalized spacial score (nSPS) is 18.9. The molecule has 1 atom stereocenters. The number of fused-ring (bicyclic) bond motifs is 1. The lowest BCUT2D eigenvalue weighted by Crippen LogP contribution is -2.18. The van der Waals surface area contributed by atoms with E-state index in [1.54, 1.807) is 0 Å². The van der Waals surface area contributed by atoms with Gasteiger partial charge in [-0.3, -0.25) is 0 Å². The minimum atomic E-state index is -0.382. The maximum absolute atomic E-state index is 12.1. The van der Waals surface area contributed by atoms with Gasteiger partial charge < -0.3 is 13.9 Å². The third-order valence-electron chi connectivity index (χ3n) is 3.34. The number of aryl methyl sites for hydroxylation is 1. The zero-order valence-electron chi connectivity index (χ0n) is 10.8. The molecule has 5 heteroatoms. The van der Waals surface area contributed by atoms with Crippen LogP contribution in [0.1, 0.15) is 29.2 Å². The fourth-order valence-electron chi connectivity index (χ4n) is 2.35. The van der Waals surface area contributed by atoms with E-state index in [0.717, 1.165) is 30.8 Å². The summed E-state index contributed by atoms with van der Waals surface area (Å²) in [5.41, 5.74) is 1.15. The number of hydrogen-bond acceptors (Lipinski definition) is 4. The van der Waals surface area contributed by atoms with Gasteiger partial charge in [0.2, 0.25) is 0 Å². The third-order valence-corrected chi connectivity index (χ3v) is 3.34. The highest BCUT2D eigenvalue weighted by Gasteiger charge is 2.21. The molecular formula is C14H16N2O3. The van der Waals surface area contributed by atoms with Crippen molar-refractivity contribution in [1.29, 1.82) is 0 Å². The molecule has 5 nitrogen and oxygen atoms in total. The topological polar surface area (TPSA) is 52.8 Å². The molecule has 0 aromatic carbocycles. The summed E-state index contributed by atoms with van der Waals surface area (Å²) in [5.74, 6) is 0.395. The van der Waals surface area contributed by atoms with Gasteiger partial charge in [0.15, 0.2) is 5.69 Å². The van der Waals surface area contributed by atoms with Crippen molar-refractivity contribution >= 4 is 11.5 Å². The largest absolute Gasteiger partial charge is 0.458 e. The highest BCUT2D eigenvalue weighted by molar-refractivity contribution is 5.95. The molecule has 3 heterocycles. The number of aromatic nitrogens is 2. The van der Waals surface area contributed by atoms with E-state index in [1.807, 2.05) is 35.7 Å². The second-order valence-electron chi connectivity index (χ2n) is 4.70. The fraction of sp³-hybridized carbons (Fsp3) is 0.429. The number of carbonyl (C=O) groups excluding carboxylic acids is 1. The number of esters is 1. The standard InChI is InChI=1S/C14H16N2O3/c1-10-15-13(12-6-2-3-7-16(10)12)14(17)19-9-11-5-4-8-18-11/h2-3,6-7,11H,4-5,8-9H2,1H3. The first-order valence-electron chi connectivity index (χ1n) is 6.48. The second-order valence-corrected chi connectivity index (χ2v) is 4.70. The molecule has 2 aromatic rings. The molecule has 0 N–H and O–H groups in total. The molecule has 1 saturated heterocycles. The highest BCUT2D eigenvalue weighted by Crippen LogP contribution is 2.16. The summed E-state index contributed by atoms with van der Waals surface area (Å²) in [7, 11) is 0. The van der Waals surface area contributed by atoms with Crippen LogP contribution in [0.5, 0.6) is 0 Å². The van der Waals surface area contributed by atoms with Crippen LogP contribution in [0.3, 0.4) is 0 Å². The smallest absolute Gasteiger partial charge is 0.359 e. The zero-order valence-corrected chi connectivity index (χ0v) is 10.8. The average Bonchev–Trinajstić information content (AvgIpc) is 3.05. The molecule has 0 aliphatic carbocycles. The predicted octanol–water partition coefficient (Wildman–Crippen LogP) is 1.98. The van der Waals surface area contributed by atoms with Crippen molar-refractivity contribution in [1.82, 2.24) is 9.38 Å². The molecular weight excluding hydrogens is 244 g/mol. The minimum Gasteiger partial charge on any atom is -0.458 e. The summed E-state index contributed by atoms with van der Waals surface area (Å²) < 4.78 is 12.6. The zero-order chi connectivity index (χ0) is 13.2. The quantitative estimate of drug-likeness (QED) is 0.792. The Labute approximate surface area is 111 Å². The first-order chi connectivity index (χ1) is 9.25. The number of rotatable bonds is 3. The van der Waals surface area contributed by atoms with Gasteiger partial charge in [-0.25, -0.2) is 9.78 Å². The molecule has 2 aromatic heterocycles. The summed E-state index contributed by atoms with van der Waals surface area (Å²) >= 11 is 0. The molecule has 1 unspecified atom stereocenters. The molecule has 100 valence electrons. The molecule has 0 amide bonds. The summed E-state index contributed by atoms with van der Waals surface area (Å²) in [6, 6.07) is 5.65. The first-order valence-corrected chi connectivity index (χ1v) is 6.48. The van der Waals surface area contributed by atoms with Gasteiger partial charge in [0.25, 0.3) is 0 Å². The van der Waals surface area contributed by atoms with Gasteiger partial charge in [0.05, 0.1) is 11.6 Å². The third kappa shape index (κ3) is 2.33. The molecule has 0 radical (unpaired) electrons. The van der Waals surface area contributed by atoms with Gasteiger partial charge in [-0.05, 0) is 31.9 Å². The molecule has 0 spiro atoms. The summed E-state index contributed by atoms with van der Waals surface area (Å²) in [5, 5.41) is 0. The minimum absolute atomic E-state index is 0.0407. The maximum Gasteiger partial charge on any atom is 0.359 e. The second kappa shape index (κ2) is 5.01. The van der Waals surface area contributed by atoms with Crippen LogP contribution in [-0.2, 0) is 9.47 Å². The van der Waals surface area contributed by atoms with Crippen molar-refractivity contribution in [2.75, 3.05) is 13.2 Å². The Morgan fingerprint density at radius 3 is 3.26 bits per heavy atom. The Kier molecular flexibility index (Phi) is 3.21. The molecule has 1 fully saturated rings. The Hall–Kier alpha value is -1.88. The summed E-state index contributed by atoms with van der Waals surface area (Å²) in [6.45, 7) is 2.93. The van der Waals surface area contributed by atoms with Gasteiger partial charge in [-0.15, -0.1) is 0 Å². The Bertz CT molecular complexity index is 600. The summed E-state index contributed by atoms with van der Waals surface area (Å²) in [6.07, 6.45) is 3.92. The molecule has 0 bridgehead atoms. The molecule has 1 aliphatic rings. The van der Waals surface area contributed by atoms with Crippen molar-refractivity contribution in [2.45, 2.75) is 25.9 Å². The number of imidazole rings is 1. The average molecular weight is 260 g/mol. The van der Waals surface area contributed by atoms with Gasteiger partial charge in [-0.2, -0.15) is 0 Å². The van der Waals surface area contributed by atoms with Crippen molar-refractivity contribution in [2.24, 2.45) is 0 Å². The van der Waals surface area contributed by atoms with Gasteiger partial charge >= 0.3 is 5.97 Å². The molecule has 1 aliphatic heterocycles. The van der Waals surface area contributed by atoms with Crippen molar-refractivity contribution in [3.8, 4) is 0 Å². The van der Waals surface area contributed by atoms with Crippen LogP contribution in [0, 0.1) is 6.92 Å². The lowest BCUT2D eigenvalue weighted by Gasteiger charge is -2.09. The van der Waals surface area contributed by atoms with Crippen LogP contribution in [0.2, 0.25) is 0 Å². The number of ether oxygens (including phenoxy) is 2. The van der Waals surface area contributed by atoms with Crippen molar-refractivity contribution in [3.05, 3.63) is 35.9 Å². The predicted molar refractivity (Wildman–Crippen MR) is 69.2 cm³/mol. The van der Waals surface area contributed by atoms with E-state index in [1.165, 1.54) is 0 Å². The van der Waals surface area contributed by atoms with Gasteiger partial charge in [0.1, 0.15) is 12.4 Å². The van der Waals surface area contributed by atoms with E-state index >= 15 is 0 Å². The Morgan fingerprint density at radius 2 is 2.47 bits per heavy atom. The van der Waals surface area contributed by atoms with Crippen LogP contribution in [0.4, 0.5) is 0 Å². The number of carbonyl (C=O) groups is 1. The number of nitrogens with zero attached hydrogens (tertiary/aromatic N) is 2. The SMILES string of the molecule is Cc1nc(C(=O)OCC2CCCO2)c2ccccn12. The Balaban J connectivity index is 1.77. The number of pyridine rings is 1. The van der Waals surface area contributed by atoms with E-state index in [-0.39, 0.29) is 12.1 Å². The van der Waals surface area contributed by atoms with Crippen LogP contribution in [0.25, 0.3) is 5.52 Å². The number of hydrogen-bond donors (Lipinski definition) is 0. The van der Waals surface area contributed by atoms with Crippen LogP contribution in [0.15, 0.2) is 24.4 Å². The highest BCUT2D eigenvalue weighted by atomic mass is 16.6. The fourth-order valence-corrected chi connectivity index (χ4v) is 2.35. The van der Waals surface area contributed by atoms with Gasteiger partial charge in [-0.1, -0.05) is 6.07 Å². The van der Waals surface area contributed by atoms with Gasteiger partial charge in [0, 0.05) is 12.8 Å². The van der Waals surface area contributed by atoms with Crippen LogP contribution < -0.4 is 0 Å². The monoisotopic (exact) mass is 260 g/mol. The molecule has 0 saturated carbocycles. The van der Waals surface area contributed by atoms with Crippen LogP contribution >= 0.6 is 0 Å². The van der Waals surface area contributed by atoms with E-state index in [0.29, 0.717) is 12.3 Å². The molecule has 19 heavy (non-hydrogen) atoms. The first kappa shape index (κ1) is 12.2. The summed E-state index contributed by atoms with van der Waals surface area (Å²) in [4.78, 5) is 16.4. The lowest BCUT2D eigenvalue weighted by molar-refractivity contribution is 0.0158. The Morgan fingerprint density at radius 1 is 1.58 bits per heavy atom. The van der Waals surface area contributed by atoms with Crippen molar-refractivity contribution in [3.63, 3.8) is 0 Å². The van der Waals surface area contributed by atoms with E-state index in [9.17, 15) is 4.79 Å². The van der Waals surface area contributed by atoms with E-state index in [4.69, 9.17) is 9.47 Å². The molecule has 3 rings (SSSR count).